The maximum absolute atomic E-state index is 11.3. The number of fused-ring (bicyclic) bond motifs is 1. The Morgan fingerprint density at radius 2 is 2.27 bits per heavy atom. The molecule has 0 saturated carbocycles. The van der Waals surface area contributed by atoms with Crippen LogP contribution in [0.25, 0.3) is 5.78 Å². The Bertz CT molecular complexity index is 526. The van der Waals surface area contributed by atoms with E-state index in [1.54, 1.807) is 10.6 Å². The van der Waals surface area contributed by atoms with Crippen LogP contribution in [0.3, 0.4) is 0 Å². The molecule has 0 saturated heterocycles. The molecule has 0 atom stereocenters. The molecule has 0 aliphatic rings. The Kier molecular flexibility index (Phi) is 2.53. The Morgan fingerprint density at radius 3 is 2.93 bits per heavy atom. The molecule has 0 fully saturated rings. The van der Waals surface area contributed by atoms with Gasteiger partial charge in [0.25, 0.3) is 5.56 Å². The molecule has 2 rings (SSSR count). The molecule has 0 bridgehead atoms. The normalized spacial score (nSPS) is 11.1. The smallest absolute Gasteiger partial charge is 0.252 e. The van der Waals surface area contributed by atoms with Crippen molar-refractivity contribution in [1.82, 2.24) is 19.6 Å². The van der Waals surface area contributed by atoms with Gasteiger partial charge >= 0.3 is 0 Å². The van der Waals surface area contributed by atoms with Crippen LogP contribution in [0.15, 0.2) is 10.9 Å². The number of hydrogen-bond acceptors (Lipinski definition) is 3. The van der Waals surface area contributed by atoms with E-state index in [9.17, 15) is 4.79 Å². The summed E-state index contributed by atoms with van der Waals surface area (Å²) in [4.78, 5) is 18.2. The molecule has 5 nitrogen and oxygen atoms in total. The first-order chi connectivity index (χ1) is 7.24. The van der Waals surface area contributed by atoms with Gasteiger partial charge in [-0.15, -0.1) is 5.10 Å². The van der Waals surface area contributed by atoms with Gasteiger partial charge in [0.1, 0.15) is 0 Å². The second-order valence-corrected chi connectivity index (χ2v) is 3.49. The number of nitrogens with zero attached hydrogens (tertiary/aromatic N) is 3. The first-order valence-corrected chi connectivity index (χ1v) is 5.22. The zero-order chi connectivity index (χ0) is 10.8. The molecule has 2 aromatic heterocycles. The summed E-state index contributed by atoms with van der Waals surface area (Å²) in [6.07, 6.45) is 2.60. The molecule has 0 radical (unpaired) electrons. The van der Waals surface area contributed by atoms with Crippen LogP contribution in [0.1, 0.15) is 31.8 Å². The average molecular weight is 206 g/mol. The zero-order valence-electron chi connectivity index (χ0n) is 8.95. The number of rotatable bonds is 3. The summed E-state index contributed by atoms with van der Waals surface area (Å²) in [5, 5.41) is 4.33. The third-order valence-corrected chi connectivity index (χ3v) is 2.28. The van der Waals surface area contributed by atoms with E-state index in [-0.39, 0.29) is 5.56 Å². The van der Waals surface area contributed by atoms with Gasteiger partial charge in [-0.05, 0) is 6.42 Å². The van der Waals surface area contributed by atoms with Gasteiger partial charge in [-0.2, -0.15) is 4.98 Å². The van der Waals surface area contributed by atoms with Crippen molar-refractivity contribution in [2.75, 3.05) is 0 Å². The molecule has 0 aliphatic heterocycles. The Morgan fingerprint density at radius 1 is 1.47 bits per heavy atom. The molecular weight excluding hydrogens is 192 g/mol. The molecule has 80 valence electrons. The van der Waals surface area contributed by atoms with Gasteiger partial charge in [0.2, 0.25) is 5.78 Å². The highest BCUT2D eigenvalue weighted by Gasteiger charge is 2.06. The summed E-state index contributed by atoms with van der Waals surface area (Å²) in [6.45, 7) is 4.07. The fourth-order valence-electron chi connectivity index (χ4n) is 1.58. The largest absolute Gasteiger partial charge is 0.291 e. The minimum atomic E-state index is -0.110. The van der Waals surface area contributed by atoms with Gasteiger partial charge < -0.3 is 0 Å². The molecule has 0 amide bonds. The lowest BCUT2D eigenvalue weighted by molar-refractivity contribution is 0.777. The van der Waals surface area contributed by atoms with Crippen molar-refractivity contribution in [3.8, 4) is 0 Å². The SMILES string of the molecule is CCCc1cc(=O)[nH]c2nc(CC)nn12. The molecule has 0 unspecified atom stereocenters. The van der Waals surface area contributed by atoms with Crippen molar-refractivity contribution in [3.05, 3.63) is 27.9 Å². The molecule has 2 aromatic rings. The number of aromatic amines is 1. The number of hydrogen-bond donors (Lipinski definition) is 1. The van der Waals surface area contributed by atoms with Crippen molar-refractivity contribution in [3.63, 3.8) is 0 Å². The number of aryl methyl sites for hydroxylation is 2. The fourth-order valence-corrected chi connectivity index (χ4v) is 1.58. The van der Waals surface area contributed by atoms with Crippen LogP contribution in [0.5, 0.6) is 0 Å². The van der Waals surface area contributed by atoms with E-state index in [1.807, 2.05) is 6.92 Å². The van der Waals surface area contributed by atoms with E-state index >= 15 is 0 Å². The Balaban J connectivity index is 2.66. The lowest BCUT2D eigenvalue weighted by Crippen LogP contribution is -2.12. The third-order valence-electron chi connectivity index (χ3n) is 2.28. The predicted octanol–water partition coefficient (Wildman–Crippen LogP) is 0.932. The lowest BCUT2D eigenvalue weighted by atomic mass is 10.2. The molecule has 1 N–H and O–H groups in total. The highest BCUT2D eigenvalue weighted by molar-refractivity contribution is 5.28. The van der Waals surface area contributed by atoms with Crippen molar-refractivity contribution < 1.29 is 0 Å². The van der Waals surface area contributed by atoms with Crippen molar-refractivity contribution in [2.24, 2.45) is 0 Å². The van der Waals surface area contributed by atoms with E-state index in [4.69, 9.17) is 0 Å². The summed E-state index contributed by atoms with van der Waals surface area (Å²) in [7, 11) is 0. The standard InChI is InChI=1S/C10H14N4O/c1-3-5-7-6-9(15)12-10-11-8(4-2)13-14(7)10/h6H,3-5H2,1-2H3,(H,11,12,13,15). The van der Waals surface area contributed by atoms with Gasteiger partial charge in [-0.25, -0.2) is 4.52 Å². The minimum Gasteiger partial charge on any atom is -0.291 e. The summed E-state index contributed by atoms with van der Waals surface area (Å²) in [6, 6.07) is 1.59. The van der Waals surface area contributed by atoms with Crippen LogP contribution in [0, 0.1) is 0 Å². The summed E-state index contributed by atoms with van der Waals surface area (Å²) < 4.78 is 1.73. The van der Waals surface area contributed by atoms with Crippen molar-refractivity contribution >= 4 is 5.78 Å². The van der Waals surface area contributed by atoms with Crippen LogP contribution in [-0.4, -0.2) is 19.6 Å². The van der Waals surface area contributed by atoms with E-state index < -0.39 is 0 Å². The van der Waals surface area contributed by atoms with E-state index in [1.165, 1.54) is 0 Å². The first kappa shape index (κ1) is 9.89. The maximum Gasteiger partial charge on any atom is 0.252 e. The lowest BCUT2D eigenvalue weighted by Gasteiger charge is -1.99. The topological polar surface area (TPSA) is 63.0 Å². The van der Waals surface area contributed by atoms with E-state index in [0.717, 1.165) is 30.8 Å². The molecule has 0 aliphatic carbocycles. The highest BCUT2D eigenvalue weighted by Crippen LogP contribution is 2.03. The van der Waals surface area contributed by atoms with Crippen LogP contribution in [0.4, 0.5) is 0 Å². The summed E-state index contributed by atoms with van der Waals surface area (Å²) >= 11 is 0. The van der Waals surface area contributed by atoms with E-state index in [0.29, 0.717) is 5.78 Å². The highest BCUT2D eigenvalue weighted by atomic mass is 16.1. The quantitative estimate of drug-likeness (QED) is 0.812. The second kappa shape index (κ2) is 3.84. The van der Waals surface area contributed by atoms with Gasteiger partial charge in [-0.3, -0.25) is 9.78 Å². The molecule has 0 spiro atoms. The minimum absolute atomic E-state index is 0.110. The number of H-pyrrole nitrogens is 1. The average Bonchev–Trinajstić information content (AvgIpc) is 2.61. The monoisotopic (exact) mass is 206 g/mol. The van der Waals surface area contributed by atoms with Crippen molar-refractivity contribution in [1.29, 1.82) is 0 Å². The molecular formula is C10H14N4O. The van der Waals surface area contributed by atoms with Gasteiger partial charge in [0.05, 0.1) is 5.69 Å². The van der Waals surface area contributed by atoms with Crippen LogP contribution in [-0.2, 0) is 12.8 Å². The van der Waals surface area contributed by atoms with Gasteiger partial charge in [0.15, 0.2) is 5.82 Å². The molecule has 2 heterocycles. The number of nitrogens with one attached hydrogen (secondary N) is 1. The first-order valence-electron chi connectivity index (χ1n) is 5.22. The zero-order valence-corrected chi connectivity index (χ0v) is 8.95. The fraction of sp³-hybridized carbons (Fsp3) is 0.500. The molecule has 5 heteroatoms. The Hall–Kier alpha value is -1.65. The summed E-state index contributed by atoms with van der Waals surface area (Å²) in [5.41, 5.74) is 0.810. The second-order valence-electron chi connectivity index (χ2n) is 3.49. The predicted molar refractivity (Wildman–Crippen MR) is 57.0 cm³/mol. The summed E-state index contributed by atoms with van der Waals surface area (Å²) in [5.74, 6) is 1.30. The third kappa shape index (κ3) is 1.77. The van der Waals surface area contributed by atoms with Crippen LogP contribution >= 0.6 is 0 Å². The van der Waals surface area contributed by atoms with Crippen LogP contribution < -0.4 is 5.56 Å². The molecule has 15 heavy (non-hydrogen) atoms. The van der Waals surface area contributed by atoms with Crippen LogP contribution in [0.2, 0.25) is 0 Å². The van der Waals surface area contributed by atoms with E-state index in [2.05, 4.69) is 22.0 Å². The van der Waals surface area contributed by atoms with Gasteiger partial charge in [0, 0.05) is 12.5 Å². The number of aromatic nitrogens is 4. The van der Waals surface area contributed by atoms with Crippen molar-refractivity contribution in [2.45, 2.75) is 33.1 Å². The Labute approximate surface area is 87.2 Å². The molecule has 0 aromatic carbocycles. The van der Waals surface area contributed by atoms with Gasteiger partial charge in [-0.1, -0.05) is 20.3 Å². The maximum atomic E-state index is 11.3.